The number of rotatable bonds is 1. The van der Waals surface area contributed by atoms with Crippen LogP contribution in [0.25, 0.3) is 17.0 Å². The quantitative estimate of drug-likeness (QED) is 0.695. The van der Waals surface area contributed by atoms with Gasteiger partial charge in [0.2, 0.25) is 5.78 Å². The summed E-state index contributed by atoms with van der Waals surface area (Å²) >= 11 is 12.0. The van der Waals surface area contributed by atoms with Crippen molar-refractivity contribution in [3.63, 3.8) is 0 Å². The first kappa shape index (κ1) is 11.3. The van der Waals surface area contributed by atoms with Gasteiger partial charge >= 0.3 is 0 Å². The Morgan fingerprint density at radius 3 is 2.83 bits per heavy atom. The highest BCUT2D eigenvalue weighted by Gasteiger charge is 2.09. The molecule has 2 aromatic heterocycles. The summed E-state index contributed by atoms with van der Waals surface area (Å²) in [6.07, 6.45) is 5.10. The van der Waals surface area contributed by atoms with Crippen LogP contribution in [0.5, 0.6) is 0 Å². The van der Waals surface area contributed by atoms with E-state index in [1.807, 2.05) is 6.20 Å². The van der Waals surface area contributed by atoms with E-state index in [4.69, 9.17) is 28.9 Å². The average Bonchev–Trinajstić information content (AvgIpc) is 2.74. The number of benzene rings is 1. The van der Waals surface area contributed by atoms with Crippen LogP contribution < -0.4 is 5.73 Å². The molecule has 0 saturated heterocycles. The van der Waals surface area contributed by atoms with E-state index in [1.165, 1.54) is 0 Å². The Balaban J connectivity index is 2.22. The summed E-state index contributed by atoms with van der Waals surface area (Å²) in [4.78, 5) is 8.50. The minimum Gasteiger partial charge on any atom is -0.399 e. The fraction of sp³-hybridized carbons (Fsp3) is 0. The third-order valence-electron chi connectivity index (χ3n) is 2.54. The van der Waals surface area contributed by atoms with Crippen LogP contribution in [0.3, 0.4) is 0 Å². The van der Waals surface area contributed by atoms with Gasteiger partial charge in [0, 0.05) is 23.6 Å². The second-order valence-electron chi connectivity index (χ2n) is 3.84. The highest BCUT2D eigenvalue weighted by atomic mass is 35.5. The predicted octanol–water partition coefficient (Wildman–Crippen LogP) is 3.29. The SMILES string of the molecule is Nc1ccc(Cl)c(-c2cn3cc(Cl)cnc3n2)c1. The molecule has 3 aromatic rings. The standard InChI is InChI=1S/C12H8Cl2N4/c13-7-4-16-12-17-11(6-18(12)5-7)9-3-8(15)1-2-10(9)14/h1-6H,15H2. The van der Waals surface area contributed by atoms with E-state index in [-0.39, 0.29) is 0 Å². The lowest BCUT2D eigenvalue weighted by atomic mass is 10.1. The van der Waals surface area contributed by atoms with E-state index in [2.05, 4.69) is 9.97 Å². The molecule has 1 aromatic carbocycles. The van der Waals surface area contributed by atoms with Gasteiger partial charge in [-0.1, -0.05) is 23.2 Å². The second kappa shape index (κ2) is 4.15. The van der Waals surface area contributed by atoms with Crippen LogP contribution in [-0.2, 0) is 0 Å². The molecule has 0 aliphatic carbocycles. The van der Waals surface area contributed by atoms with Gasteiger partial charge in [-0.2, -0.15) is 0 Å². The van der Waals surface area contributed by atoms with Crippen molar-refractivity contribution in [2.24, 2.45) is 0 Å². The Kier molecular flexibility index (Phi) is 2.61. The summed E-state index contributed by atoms with van der Waals surface area (Å²) in [5.41, 5.74) is 7.88. The van der Waals surface area contributed by atoms with Crippen molar-refractivity contribution < 1.29 is 0 Å². The Morgan fingerprint density at radius 2 is 2.00 bits per heavy atom. The monoisotopic (exact) mass is 278 g/mol. The van der Waals surface area contributed by atoms with Crippen molar-refractivity contribution in [3.8, 4) is 11.3 Å². The first-order valence-electron chi connectivity index (χ1n) is 5.19. The zero-order valence-corrected chi connectivity index (χ0v) is 10.7. The molecule has 3 rings (SSSR count). The van der Waals surface area contributed by atoms with E-state index in [9.17, 15) is 0 Å². The summed E-state index contributed by atoms with van der Waals surface area (Å²) in [5.74, 6) is 0.563. The van der Waals surface area contributed by atoms with Crippen molar-refractivity contribution >= 4 is 34.7 Å². The topological polar surface area (TPSA) is 56.2 Å². The molecular formula is C12H8Cl2N4. The van der Waals surface area contributed by atoms with Crippen molar-refractivity contribution in [3.05, 3.63) is 46.8 Å². The lowest BCUT2D eigenvalue weighted by Crippen LogP contribution is -1.86. The van der Waals surface area contributed by atoms with Gasteiger partial charge in [-0.15, -0.1) is 0 Å². The third kappa shape index (κ3) is 1.89. The number of aromatic nitrogens is 3. The van der Waals surface area contributed by atoms with Gasteiger partial charge in [0.1, 0.15) is 0 Å². The Morgan fingerprint density at radius 1 is 1.17 bits per heavy atom. The molecular weight excluding hydrogens is 271 g/mol. The van der Waals surface area contributed by atoms with Gasteiger partial charge in [0.25, 0.3) is 0 Å². The molecule has 0 amide bonds. The zero-order chi connectivity index (χ0) is 12.7. The van der Waals surface area contributed by atoms with Gasteiger partial charge in [-0.05, 0) is 18.2 Å². The van der Waals surface area contributed by atoms with E-state index < -0.39 is 0 Å². The van der Waals surface area contributed by atoms with Crippen LogP contribution in [0.1, 0.15) is 0 Å². The van der Waals surface area contributed by atoms with E-state index in [0.717, 1.165) is 5.56 Å². The number of anilines is 1. The molecule has 6 heteroatoms. The number of hydrogen-bond acceptors (Lipinski definition) is 3. The molecule has 2 heterocycles. The molecule has 90 valence electrons. The summed E-state index contributed by atoms with van der Waals surface area (Å²) in [7, 11) is 0. The van der Waals surface area contributed by atoms with Crippen LogP contribution in [0.4, 0.5) is 5.69 Å². The molecule has 0 radical (unpaired) electrons. The zero-order valence-electron chi connectivity index (χ0n) is 9.14. The van der Waals surface area contributed by atoms with Crippen LogP contribution in [-0.4, -0.2) is 14.4 Å². The maximum atomic E-state index is 6.14. The van der Waals surface area contributed by atoms with Crippen molar-refractivity contribution in [2.75, 3.05) is 5.73 Å². The third-order valence-corrected chi connectivity index (χ3v) is 3.07. The van der Waals surface area contributed by atoms with Gasteiger partial charge in [0.15, 0.2) is 0 Å². The molecule has 0 spiro atoms. The second-order valence-corrected chi connectivity index (χ2v) is 4.69. The minimum atomic E-state index is 0.546. The maximum absolute atomic E-state index is 6.14. The fourth-order valence-corrected chi connectivity index (χ4v) is 2.10. The molecule has 0 unspecified atom stereocenters. The van der Waals surface area contributed by atoms with E-state index in [1.54, 1.807) is 35.0 Å². The van der Waals surface area contributed by atoms with E-state index >= 15 is 0 Å². The normalized spacial score (nSPS) is 11.0. The Bertz CT molecular complexity index is 736. The van der Waals surface area contributed by atoms with Crippen molar-refractivity contribution in [1.29, 1.82) is 0 Å². The maximum Gasteiger partial charge on any atom is 0.234 e. The molecule has 0 atom stereocenters. The number of nitrogens with zero attached hydrogens (tertiary/aromatic N) is 3. The highest BCUT2D eigenvalue weighted by Crippen LogP contribution is 2.29. The first-order valence-corrected chi connectivity index (χ1v) is 5.95. The molecule has 0 fully saturated rings. The van der Waals surface area contributed by atoms with Crippen molar-refractivity contribution in [1.82, 2.24) is 14.4 Å². The average molecular weight is 279 g/mol. The summed E-state index contributed by atoms with van der Waals surface area (Å²) < 4.78 is 1.75. The van der Waals surface area contributed by atoms with Gasteiger partial charge in [0.05, 0.1) is 21.9 Å². The minimum absolute atomic E-state index is 0.546. The molecule has 18 heavy (non-hydrogen) atoms. The summed E-state index contributed by atoms with van der Waals surface area (Å²) in [6.45, 7) is 0. The number of nitrogen functional groups attached to an aromatic ring is 1. The van der Waals surface area contributed by atoms with E-state index in [0.29, 0.717) is 27.2 Å². The number of nitrogens with two attached hydrogens (primary N) is 1. The van der Waals surface area contributed by atoms with Crippen LogP contribution in [0, 0.1) is 0 Å². The molecule has 0 aliphatic heterocycles. The summed E-state index contributed by atoms with van der Waals surface area (Å²) in [6, 6.07) is 5.28. The smallest absolute Gasteiger partial charge is 0.234 e. The number of halogens is 2. The van der Waals surface area contributed by atoms with Crippen LogP contribution >= 0.6 is 23.2 Å². The van der Waals surface area contributed by atoms with Crippen LogP contribution in [0.15, 0.2) is 36.8 Å². The Hall–Kier alpha value is -1.78. The molecule has 4 nitrogen and oxygen atoms in total. The van der Waals surface area contributed by atoms with Gasteiger partial charge in [-0.25, -0.2) is 9.97 Å². The summed E-state index contributed by atoms with van der Waals surface area (Å²) in [5, 5.41) is 1.14. The Labute approximate surface area is 113 Å². The number of hydrogen-bond donors (Lipinski definition) is 1. The largest absolute Gasteiger partial charge is 0.399 e. The van der Waals surface area contributed by atoms with Crippen LogP contribution in [0.2, 0.25) is 10.0 Å². The van der Waals surface area contributed by atoms with Gasteiger partial charge in [-0.3, -0.25) is 4.40 Å². The molecule has 0 saturated carbocycles. The van der Waals surface area contributed by atoms with Crippen molar-refractivity contribution in [2.45, 2.75) is 0 Å². The highest BCUT2D eigenvalue weighted by molar-refractivity contribution is 6.33. The first-order chi connectivity index (χ1) is 8.63. The molecule has 2 N–H and O–H groups in total. The number of fused-ring (bicyclic) bond motifs is 1. The fourth-order valence-electron chi connectivity index (χ4n) is 1.73. The predicted molar refractivity (Wildman–Crippen MR) is 72.9 cm³/mol. The lowest BCUT2D eigenvalue weighted by molar-refractivity contribution is 1.11. The molecule has 0 aliphatic rings. The van der Waals surface area contributed by atoms with Gasteiger partial charge < -0.3 is 5.73 Å². The lowest BCUT2D eigenvalue weighted by Gasteiger charge is -2.01. The number of imidazole rings is 1. The molecule has 0 bridgehead atoms.